The first-order valence-electron chi connectivity index (χ1n) is 5.94. The molecule has 0 saturated heterocycles. The van der Waals surface area contributed by atoms with Crippen molar-refractivity contribution >= 4 is 23.0 Å². The van der Waals surface area contributed by atoms with Crippen molar-refractivity contribution in [3.05, 3.63) is 36.2 Å². The lowest BCUT2D eigenvalue weighted by Crippen LogP contribution is -2.21. The first-order valence-corrected chi connectivity index (χ1v) is 5.94. The highest BCUT2D eigenvalue weighted by atomic mass is 15.5. The highest BCUT2D eigenvalue weighted by Gasteiger charge is 2.08. The van der Waals surface area contributed by atoms with E-state index in [2.05, 4.69) is 20.7 Å². The van der Waals surface area contributed by atoms with Crippen LogP contribution in [0.15, 0.2) is 30.6 Å². The van der Waals surface area contributed by atoms with Gasteiger partial charge in [0.2, 0.25) is 0 Å². The molecule has 0 saturated carbocycles. The molecule has 0 aliphatic carbocycles. The second kappa shape index (κ2) is 5.53. The molecule has 1 aromatic heterocycles. The fourth-order valence-electron chi connectivity index (χ4n) is 1.66. The van der Waals surface area contributed by atoms with Crippen LogP contribution in [0.2, 0.25) is 0 Å². The predicted molar refractivity (Wildman–Crippen MR) is 78.2 cm³/mol. The number of nitrogens with two attached hydrogens (primary N) is 1. The van der Waals surface area contributed by atoms with Gasteiger partial charge in [-0.25, -0.2) is 15.0 Å². The molecule has 2 rings (SSSR count). The molecule has 0 fully saturated rings. The van der Waals surface area contributed by atoms with Gasteiger partial charge in [-0.05, 0) is 24.6 Å². The van der Waals surface area contributed by atoms with Gasteiger partial charge in [0.15, 0.2) is 11.6 Å². The Morgan fingerprint density at radius 3 is 2.58 bits per heavy atom. The van der Waals surface area contributed by atoms with E-state index in [1.54, 1.807) is 5.01 Å². The van der Waals surface area contributed by atoms with E-state index in [9.17, 15) is 0 Å². The van der Waals surface area contributed by atoms with Gasteiger partial charge < -0.3 is 16.5 Å². The Kier molecular flexibility index (Phi) is 3.82. The monoisotopic (exact) mass is 258 g/mol. The van der Waals surface area contributed by atoms with Crippen LogP contribution < -0.4 is 16.5 Å². The minimum atomic E-state index is 0.484. The Hall–Kier alpha value is -2.34. The zero-order chi connectivity index (χ0) is 13.8. The minimum Gasteiger partial charge on any atom is -0.393 e. The van der Waals surface area contributed by atoms with E-state index in [1.807, 2.05) is 45.3 Å². The molecule has 100 valence electrons. The molecular weight excluding hydrogens is 240 g/mol. The van der Waals surface area contributed by atoms with E-state index in [1.165, 1.54) is 11.9 Å². The zero-order valence-corrected chi connectivity index (χ0v) is 11.3. The standard InChI is InChI=1S/C13H18N6/c1-9-5-4-6-10(7-9)17-12-11(14)13(16-8-15-12)18-19(2)3/h4-8H,14H2,1-3H3,(H2,15,16,17,18). The lowest BCUT2D eigenvalue weighted by Gasteiger charge is -2.16. The Balaban J connectivity index is 2.25. The molecule has 0 aliphatic rings. The lowest BCUT2D eigenvalue weighted by atomic mass is 10.2. The molecular formula is C13H18N6. The number of hydrogen-bond donors (Lipinski definition) is 3. The van der Waals surface area contributed by atoms with Gasteiger partial charge in [-0.3, -0.25) is 0 Å². The van der Waals surface area contributed by atoms with Crippen LogP contribution >= 0.6 is 0 Å². The molecule has 0 amide bonds. The van der Waals surface area contributed by atoms with Gasteiger partial charge in [0.1, 0.15) is 12.0 Å². The first-order chi connectivity index (χ1) is 9.06. The molecule has 1 aromatic carbocycles. The number of hydrogen-bond acceptors (Lipinski definition) is 6. The number of anilines is 4. The molecule has 0 aliphatic heterocycles. The van der Waals surface area contributed by atoms with Crippen LogP contribution in [-0.4, -0.2) is 29.1 Å². The number of benzene rings is 1. The van der Waals surface area contributed by atoms with Gasteiger partial charge in [-0.2, -0.15) is 0 Å². The van der Waals surface area contributed by atoms with Crippen molar-refractivity contribution in [1.82, 2.24) is 15.0 Å². The van der Waals surface area contributed by atoms with E-state index in [4.69, 9.17) is 5.73 Å². The summed E-state index contributed by atoms with van der Waals surface area (Å²) >= 11 is 0. The van der Waals surface area contributed by atoms with Gasteiger partial charge in [-0.1, -0.05) is 12.1 Å². The molecule has 1 heterocycles. The summed E-state index contributed by atoms with van der Waals surface area (Å²) in [7, 11) is 3.74. The van der Waals surface area contributed by atoms with Gasteiger partial charge in [0.05, 0.1) is 0 Å². The maximum atomic E-state index is 6.04. The van der Waals surface area contributed by atoms with Crippen molar-refractivity contribution in [1.29, 1.82) is 0 Å². The van der Waals surface area contributed by atoms with Gasteiger partial charge in [0.25, 0.3) is 0 Å². The topological polar surface area (TPSA) is 79.1 Å². The Morgan fingerprint density at radius 1 is 1.16 bits per heavy atom. The average Bonchev–Trinajstić information content (AvgIpc) is 2.34. The van der Waals surface area contributed by atoms with Crippen LogP contribution in [0.5, 0.6) is 0 Å². The van der Waals surface area contributed by atoms with Gasteiger partial charge in [0, 0.05) is 19.8 Å². The fourth-order valence-corrected chi connectivity index (χ4v) is 1.66. The van der Waals surface area contributed by atoms with E-state index >= 15 is 0 Å². The van der Waals surface area contributed by atoms with Crippen LogP contribution in [-0.2, 0) is 0 Å². The Morgan fingerprint density at radius 2 is 1.89 bits per heavy atom. The van der Waals surface area contributed by atoms with E-state index < -0.39 is 0 Å². The molecule has 0 atom stereocenters. The van der Waals surface area contributed by atoms with Gasteiger partial charge >= 0.3 is 0 Å². The van der Waals surface area contributed by atoms with E-state index in [-0.39, 0.29) is 0 Å². The summed E-state index contributed by atoms with van der Waals surface area (Å²) in [6, 6.07) is 8.01. The van der Waals surface area contributed by atoms with Crippen LogP contribution in [0, 0.1) is 6.92 Å². The van der Waals surface area contributed by atoms with Crippen molar-refractivity contribution in [3.8, 4) is 0 Å². The quantitative estimate of drug-likeness (QED) is 0.728. The fraction of sp³-hybridized carbons (Fsp3) is 0.231. The highest BCUT2D eigenvalue weighted by molar-refractivity contribution is 5.77. The predicted octanol–water partition coefficient (Wildman–Crippen LogP) is 2.00. The second-order valence-corrected chi connectivity index (χ2v) is 4.49. The molecule has 4 N–H and O–H groups in total. The number of nitrogens with one attached hydrogen (secondary N) is 2. The number of hydrazine groups is 1. The number of rotatable bonds is 4. The summed E-state index contributed by atoms with van der Waals surface area (Å²) in [5.74, 6) is 1.17. The average molecular weight is 258 g/mol. The molecule has 0 unspecified atom stereocenters. The van der Waals surface area contributed by atoms with Crippen LogP contribution in [0.25, 0.3) is 0 Å². The van der Waals surface area contributed by atoms with Crippen LogP contribution in [0.3, 0.4) is 0 Å². The Labute approximate surface area is 112 Å². The third-order valence-corrected chi connectivity index (χ3v) is 2.49. The number of nitrogen functional groups attached to an aromatic ring is 1. The zero-order valence-electron chi connectivity index (χ0n) is 11.3. The maximum absolute atomic E-state index is 6.04. The van der Waals surface area contributed by atoms with E-state index in [0.29, 0.717) is 17.3 Å². The summed E-state index contributed by atoms with van der Waals surface area (Å²) in [4.78, 5) is 8.27. The summed E-state index contributed by atoms with van der Waals surface area (Å²) in [6.45, 7) is 2.04. The third-order valence-electron chi connectivity index (χ3n) is 2.49. The van der Waals surface area contributed by atoms with E-state index in [0.717, 1.165) is 5.69 Å². The van der Waals surface area contributed by atoms with Crippen molar-refractivity contribution in [3.63, 3.8) is 0 Å². The second-order valence-electron chi connectivity index (χ2n) is 4.49. The maximum Gasteiger partial charge on any atom is 0.169 e. The largest absolute Gasteiger partial charge is 0.393 e. The summed E-state index contributed by atoms with van der Waals surface area (Å²) in [6.07, 6.45) is 1.47. The molecule has 6 nitrogen and oxygen atoms in total. The van der Waals surface area contributed by atoms with Crippen molar-refractivity contribution < 1.29 is 0 Å². The van der Waals surface area contributed by atoms with Crippen molar-refractivity contribution in [2.24, 2.45) is 0 Å². The third kappa shape index (κ3) is 3.32. The highest BCUT2D eigenvalue weighted by Crippen LogP contribution is 2.25. The molecule has 0 bridgehead atoms. The summed E-state index contributed by atoms with van der Waals surface area (Å²) < 4.78 is 0. The number of aromatic nitrogens is 2. The molecule has 2 aromatic rings. The van der Waals surface area contributed by atoms with Crippen molar-refractivity contribution in [2.75, 3.05) is 30.6 Å². The smallest absolute Gasteiger partial charge is 0.169 e. The lowest BCUT2D eigenvalue weighted by molar-refractivity contribution is 0.492. The summed E-state index contributed by atoms with van der Waals surface area (Å²) in [5, 5.41) is 4.96. The minimum absolute atomic E-state index is 0.484. The SMILES string of the molecule is Cc1cccc(Nc2ncnc(NN(C)C)c2N)c1. The Bertz CT molecular complexity index is 567. The van der Waals surface area contributed by atoms with Gasteiger partial charge in [-0.15, -0.1) is 0 Å². The molecule has 0 radical (unpaired) electrons. The molecule has 19 heavy (non-hydrogen) atoms. The van der Waals surface area contributed by atoms with Crippen LogP contribution in [0.1, 0.15) is 5.56 Å². The number of aryl methyl sites for hydroxylation is 1. The summed E-state index contributed by atoms with van der Waals surface area (Å²) in [5.41, 5.74) is 11.7. The first kappa shape index (κ1) is 13.1. The van der Waals surface area contributed by atoms with Crippen molar-refractivity contribution in [2.45, 2.75) is 6.92 Å². The normalized spacial score (nSPS) is 10.5. The number of nitrogens with zero attached hydrogens (tertiary/aromatic N) is 3. The molecule has 6 heteroatoms. The van der Waals surface area contributed by atoms with Crippen LogP contribution in [0.4, 0.5) is 23.0 Å². The molecule has 0 spiro atoms.